The largest absolute Gasteiger partial charge is 0.351 e. The van der Waals surface area contributed by atoms with Crippen LogP contribution in [0.1, 0.15) is 36.7 Å². The van der Waals surface area contributed by atoms with Gasteiger partial charge in [0.15, 0.2) is 0 Å². The SMILES string of the molecule is CCCCCNC(=O)c1cccc(NN)n1. The molecule has 0 aliphatic carbocycles. The van der Waals surface area contributed by atoms with E-state index in [-0.39, 0.29) is 5.91 Å². The number of aromatic nitrogens is 1. The molecule has 0 bridgehead atoms. The number of hydrogen-bond acceptors (Lipinski definition) is 4. The van der Waals surface area contributed by atoms with E-state index in [0.717, 1.165) is 19.3 Å². The van der Waals surface area contributed by atoms with E-state index in [4.69, 9.17) is 5.84 Å². The molecule has 0 atom stereocenters. The summed E-state index contributed by atoms with van der Waals surface area (Å²) in [5.74, 6) is 5.54. The number of pyridine rings is 1. The molecule has 0 saturated carbocycles. The summed E-state index contributed by atoms with van der Waals surface area (Å²) in [7, 11) is 0. The molecule has 0 unspecified atom stereocenters. The molecule has 1 aromatic heterocycles. The minimum Gasteiger partial charge on any atom is -0.351 e. The fourth-order valence-corrected chi connectivity index (χ4v) is 1.31. The summed E-state index contributed by atoms with van der Waals surface area (Å²) >= 11 is 0. The average molecular weight is 222 g/mol. The Morgan fingerprint density at radius 2 is 2.25 bits per heavy atom. The van der Waals surface area contributed by atoms with Crippen molar-refractivity contribution in [3.05, 3.63) is 23.9 Å². The lowest BCUT2D eigenvalue weighted by Crippen LogP contribution is -2.25. The van der Waals surface area contributed by atoms with Crippen LogP contribution < -0.4 is 16.6 Å². The number of nitrogens with two attached hydrogens (primary N) is 1. The fourth-order valence-electron chi connectivity index (χ4n) is 1.31. The topological polar surface area (TPSA) is 80.0 Å². The second-order valence-electron chi connectivity index (χ2n) is 3.52. The van der Waals surface area contributed by atoms with Crippen LogP contribution in [-0.4, -0.2) is 17.4 Å². The monoisotopic (exact) mass is 222 g/mol. The van der Waals surface area contributed by atoms with Crippen LogP contribution in [0.2, 0.25) is 0 Å². The maximum atomic E-state index is 11.6. The van der Waals surface area contributed by atoms with Crippen LogP contribution in [-0.2, 0) is 0 Å². The zero-order chi connectivity index (χ0) is 11.8. The maximum Gasteiger partial charge on any atom is 0.269 e. The molecule has 5 heteroatoms. The van der Waals surface area contributed by atoms with E-state index in [1.54, 1.807) is 18.2 Å². The molecule has 1 amide bonds. The second-order valence-corrected chi connectivity index (χ2v) is 3.52. The van der Waals surface area contributed by atoms with Crippen molar-refractivity contribution in [3.8, 4) is 0 Å². The third-order valence-electron chi connectivity index (χ3n) is 2.20. The van der Waals surface area contributed by atoms with Crippen LogP contribution >= 0.6 is 0 Å². The number of carbonyl (C=O) groups excluding carboxylic acids is 1. The molecule has 1 heterocycles. The van der Waals surface area contributed by atoms with Gasteiger partial charge in [-0.15, -0.1) is 0 Å². The molecule has 0 fully saturated rings. The van der Waals surface area contributed by atoms with Gasteiger partial charge in [-0.25, -0.2) is 10.8 Å². The molecule has 5 nitrogen and oxygen atoms in total. The molecule has 0 spiro atoms. The number of nitrogens with one attached hydrogen (secondary N) is 2. The van der Waals surface area contributed by atoms with Crippen LogP contribution in [0.15, 0.2) is 18.2 Å². The third-order valence-corrected chi connectivity index (χ3v) is 2.20. The van der Waals surface area contributed by atoms with Gasteiger partial charge >= 0.3 is 0 Å². The number of carbonyl (C=O) groups is 1. The Hall–Kier alpha value is -1.62. The molecule has 0 aromatic carbocycles. The zero-order valence-electron chi connectivity index (χ0n) is 9.49. The third kappa shape index (κ3) is 3.86. The number of anilines is 1. The van der Waals surface area contributed by atoms with Crippen molar-refractivity contribution in [1.82, 2.24) is 10.3 Å². The van der Waals surface area contributed by atoms with Crippen molar-refractivity contribution < 1.29 is 4.79 Å². The maximum absolute atomic E-state index is 11.6. The summed E-state index contributed by atoms with van der Waals surface area (Å²) in [5, 5.41) is 2.82. The van der Waals surface area contributed by atoms with E-state index >= 15 is 0 Å². The van der Waals surface area contributed by atoms with E-state index in [1.807, 2.05) is 0 Å². The molecule has 0 radical (unpaired) electrons. The van der Waals surface area contributed by atoms with E-state index in [0.29, 0.717) is 18.1 Å². The van der Waals surface area contributed by atoms with E-state index in [9.17, 15) is 4.79 Å². The number of rotatable bonds is 6. The van der Waals surface area contributed by atoms with E-state index in [1.165, 1.54) is 0 Å². The minimum absolute atomic E-state index is 0.159. The lowest BCUT2D eigenvalue weighted by molar-refractivity contribution is 0.0948. The molecule has 0 saturated heterocycles. The number of hydrazine groups is 1. The number of unbranched alkanes of at least 4 members (excludes halogenated alkanes) is 2. The highest BCUT2D eigenvalue weighted by Crippen LogP contribution is 2.03. The summed E-state index contributed by atoms with van der Waals surface area (Å²) in [4.78, 5) is 15.7. The normalized spacial score (nSPS) is 9.88. The van der Waals surface area contributed by atoms with Crippen molar-refractivity contribution >= 4 is 11.7 Å². The van der Waals surface area contributed by atoms with E-state index < -0.39 is 0 Å². The highest BCUT2D eigenvalue weighted by molar-refractivity contribution is 5.92. The molecular weight excluding hydrogens is 204 g/mol. The second kappa shape index (κ2) is 6.79. The summed E-state index contributed by atoms with van der Waals surface area (Å²) in [6.45, 7) is 2.81. The van der Waals surface area contributed by atoms with Crippen molar-refractivity contribution in [1.29, 1.82) is 0 Å². The Kier molecular flexibility index (Phi) is 5.28. The first-order valence-corrected chi connectivity index (χ1v) is 5.49. The predicted octanol–water partition coefficient (Wildman–Crippen LogP) is 1.29. The predicted molar refractivity (Wildman–Crippen MR) is 63.9 cm³/mol. The smallest absolute Gasteiger partial charge is 0.269 e. The van der Waals surface area contributed by atoms with Gasteiger partial charge in [0, 0.05) is 6.54 Å². The van der Waals surface area contributed by atoms with Gasteiger partial charge in [0.25, 0.3) is 5.91 Å². The number of nitrogens with zero attached hydrogens (tertiary/aromatic N) is 1. The summed E-state index contributed by atoms with van der Waals surface area (Å²) in [5.41, 5.74) is 2.79. The molecule has 0 aliphatic heterocycles. The van der Waals surface area contributed by atoms with Gasteiger partial charge in [0.05, 0.1) is 0 Å². The fraction of sp³-hybridized carbons (Fsp3) is 0.455. The quantitative estimate of drug-likeness (QED) is 0.385. The Morgan fingerprint density at radius 1 is 1.44 bits per heavy atom. The first-order valence-electron chi connectivity index (χ1n) is 5.49. The van der Waals surface area contributed by atoms with Crippen molar-refractivity contribution in [2.75, 3.05) is 12.0 Å². The van der Waals surface area contributed by atoms with Crippen LogP contribution in [0.4, 0.5) is 5.82 Å². The molecule has 1 aromatic rings. The summed E-state index contributed by atoms with van der Waals surface area (Å²) in [6.07, 6.45) is 3.26. The molecule has 88 valence electrons. The highest BCUT2D eigenvalue weighted by atomic mass is 16.1. The lowest BCUT2D eigenvalue weighted by Gasteiger charge is -2.05. The minimum atomic E-state index is -0.159. The Bertz CT molecular complexity index is 341. The number of amides is 1. The highest BCUT2D eigenvalue weighted by Gasteiger charge is 2.06. The Labute approximate surface area is 95.4 Å². The van der Waals surface area contributed by atoms with Gasteiger partial charge < -0.3 is 10.7 Å². The van der Waals surface area contributed by atoms with Crippen molar-refractivity contribution in [2.24, 2.45) is 5.84 Å². The first-order chi connectivity index (χ1) is 7.77. The summed E-state index contributed by atoms with van der Waals surface area (Å²) in [6, 6.07) is 5.10. The Balaban J connectivity index is 2.46. The van der Waals surface area contributed by atoms with Gasteiger partial charge in [0.1, 0.15) is 11.5 Å². The van der Waals surface area contributed by atoms with E-state index in [2.05, 4.69) is 22.7 Å². The lowest BCUT2D eigenvalue weighted by atomic mass is 10.2. The van der Waals surface area contributed by atoms with Crippen molar-refractivity contribution in [2.45, 2.75) is 26.2 Å². The Morgan fingerprint density at radius 3 is 2.94 bits per heavy atom. The summed E-state index contributed by atoms with van der Waals surface area (Å²) < 4.78 is 0. The van der Waals surface area contributed by atoms with Crippen LogP contribution in [0.3, 0.4) is 0 Å². The van der Waals surface area contributed by atoms with Crippen LogP contribution in [0.25, 0.3) is 0 Å². The van der Waals surface area contributed by atoms with Gasteiger partial charge in [-0.3, -0.25) is 4.79 Å². The zero-order valence-corrected chi connectivity index (χ0v) is 9.49. The van der Waals surface area contributed by atoms with Gasteiger partial charge in [-0.1, -0.05) is 25.8 Å². The number of nitrogen functional groups attached to an aromatic ring is 1. The first kappa shape index (κ1) is 12.4. The average Bonchev–Trinajstić information content (AvgIpc) is 2.34. The van der Waals surface area contributed by atoms with Gasteiger partial charge in [-0.2, -0.15) is 0 Å². The van der Waals surface area contributed by atoms with Crippen molar-refractivity contribution in [3.63, 3.8) is 0 Å². The van der Waals surface area contributed by atoms with Crippen LogP contribution in [0.5, 0.6) is 0 Å². The van der Waals surface area contributed by atoms with Gasteiger partial charge in [0.2, 0.25) is 0 Å². The number of hydrogen-bond donors (Lipinski definition) is 3. The standard InChI is InChI=1S/C11H18N4O/c1-2-3-4-8-13-11(16)9-6-5-7-10(14-9)15-12/h5-7H,2-4,8,12H2,1H3,(H,13,16)(H,14,15). The molecule has 4 N–H and O–H groups in total. The van der Waals surface area contributed by atoms with Gasteiger partial charge in [-0.05, 0) is 18.6 Å². The molecule has 16 heavy (non-hydrogen) atoms. The molecular formula is C11H18N4O. The molecule has 0 aliphatic rings. The van der Waals surface area contributed by atoms with Crippen LogP contribution in [0, 0.1) is 0 Å². The molecule has 1 rings (SSSR count).